The second-order valence-corrected chi connectivity index (χ2v) is 10.1. The van der Waals surface area contributed by atoms with Crippen molar-refractivity contribution in [2.75, 3.05) is 20.3 Å². The summed E-state index contributed by atoms with van der Waals surface area (Å²) in [6.45, 7) is 6.19. The predicted octanol–water partition coefficient (Wildman–Crippen LogP) is 4.75. The minimum Gasteiger partial charge on any atom is -0.493 e. The van der Waals surface area contributed by atoms with Crippen LogP contribution in [0, 0.1) is 0 Å². The Morgan fingerprint density at radius 3 is 2.62 bits per heavy atom. The normalized spacial score (nSPS) is 15.2. The Hall–Kier alpha value is -4.17. The Morgan fingerprint density at radius 2 is 1.85 bits per heavy atom. The number of fused-ring (bicyclic) bond motifs is 2. The lowest BCUT2D eigenvalue weighted by Gasteiger charge is -2.27. The van der Waals surface area contributed by atoms with E-state index in [0.717, 1.165) is 22.8 Å². The van der Waals surface area contributed by atoms with Crippen molar-refractivity contribution in [1.29, 1.82) is 0 Å². The zero-order valence-electron chi connectivity index (χ0n) is 22.4. The molecular formula is C31H30N2O5S. The fourth-order valence-corrected chi connectivity index (χ4v) is 5.91. The van der Waals surface area contributed by atoms with Gasteiger partial charge in [0.2, 0.25) is 0 Å². The van der Waals surface area contributed by atoms with Crippen molar-refractivity contribution in [2.45, 2.75) is 33.2 Å². The highest BCUT2D eigenvalue weighted by molar-refractivity contribution is 7.07. The smallest absolute Gasteiger partial charge is 0.338 e. The summed E-state index contributed by atoms with van der Waals surface area (Å²) in [5.74, 6) is 0.500. The molecule has 0 unspecified atom stereocenters. The Kier molecular flexibility index (Phi) is 7.65. The van der Waals surface area contributed by atoms with Crippen LogP contribution in [0.5, 0.6) is 11.5 Å². The number of carbonyl (C=O) groups is 1. The molecule has 0 amide bonds. The number of hydrogen-bond donors (Lipinski definition) is 0. The van der Waals surface area contributed by atoms with E-state index in [1.807, 2.05) is 67.6 Å². The summed E-state index contributed by atoms with van der Waals surface area (Å²) in [6, 6.07) is 18.8. The van der Waals surface area contributed by atoms with Gasteiger partial charge in [0.15, 0.2) is 16.3 Å². The Morgan fingerprint density at radius 1 is 1.08 bits per heavy atom. The van der Waals surface area contributed by atoms with Crippen molar-refractivity contribution in [3.8, 4) is 11.5 Å². The lowest BCUT2D eigenvalue weighted by Crippen LogP contribution is -2.40. The van der Waals surface area contributed by atoms with Crippen LogP contribution in [0.1, 0.15) is 44.4 Å². The summed E-state index contributed by atoms with van der Waals surface area (Å²) in [5, 5.41) is 2.14. The standard InChI is InChI=1S/C31H30N2O5S/c1-5-17-38-28-23(15-10-16-24(28)36-4)27-26(30(35)37-6-2)19(3)32-31-33(27)29(34)25(39-31)18-21-13-9-12-20-11-7-8-14-22(20)21/h7-16,18,27H,5-6,17H2,1-4H3/t27-/m0/s1. The van der Waals surface area contributed by atoms with E-state index in [2.05, 4.69) is 0 Å². The average Bonchev–Trinajstić information content (AvgIpc) is 3.25. The van der Waals surface area contributed by atoms with E-state index in [0.29, 0.717) is 44.3 Å². The number of allylic oxidation sites excluding steroid dienone is 1. The van der Waals surface area contributed by atoms with E-state index >= 15 is 0 Å². The highest BCUT2D eigenvalue weighted by Gasteiger charge is 2.36. The molecule has 1 aliphatic heterocycles. The van der Waals surface area contributed by atoms with Crippen molar-refractivity contribution < 1.29 is 19.0 Å². The first kappa shape index (κ1) is 26.4. The van der Waals surface area contributed by atoms with E-state index in [4.69, 9.17) is 19.2 Å². The third kappa shape index (κ3) is 4.88. The van der Waals surface area contributed by atoms with E-state index in [9.17, 15) is 9.59 Å². The van der Waals surface area contributed by atoms with Gasteiger partial charge in [0.1, 0.15) is 6.04 Å². The molecule has 0 saturated carbocycles. The molecule has 2 heterocycles. The number of nitrogens with zero attached hydrogens (tertiary/aromatic N) is 2. The van der Waals surface area contributed by atoms with E-state index in [1.165, 1.54) is 11.3 Å². The fourth-order valence-electron chi connectivity index (χ4n) is 4.87. The highest BCUT2D eigenvalue weighted by Crippen LogP contribution is 2.40. The van der Waals surface area contributed by atoms with Crippen LogP contribution in [0.2, 0.25) is 0 Å². The molecule has 1 aromatic heterocycles. The second-order valence-electron chi connectivity index (χ2n) is 9.10. The SMILES string of the molecule is CCCOc1c(OC)cccc1[C@H]1C(C(=O)OCC)=C(C)N=c2sc(=Cc3cccc4ccccc34)c(=O)n21. The minimum absolute atomic E-state index is 0.200. The van der Waals surface area contributed by atoms with Gasteiger partial charge in [-0.2, -0.15) is 0 Å². The predicted molar refractivity (Wildman–Crippen MR) is 153 cm³/mol. The first-order valence-electron chi connectivity index (χ1n) is 13.0. The van der Waals surface area contributed by atoms with Crippen LogP contribution in [-0.4, -0.2) is 30.9 Å². The zero-order chi connectivity index (χ0) is 27.5. The second kappa shape index (κ2) is 11.3. The van der Waals surface area contributed by atoms with Gasteiger partial charge in [-0.25, -0.2) is 9.79 Å². The van der Waals surface area contributed by atoms with E-state index in [1.54, 1.807) is 31.6 Å². The van der Waals surface area contributed by atoms with Crippen LogP contribution in [0.4, 0.5) is 0 Å². The van der Waals surface area contributed by atoms with Crippen LogP contribution < -0.4 is 24.4 Å². The third-order valence-electron chi connectivity index (χ3n) is 6.60. The first-order valence-corrected chi connectivity index (χ1v) is 13.8. The Balaban J connectivity index is 1.78. The Bertz CT molecular complexity index is 1760. The van der Waals surface area contributed by atoms with Gasteiger partial charge in [-0.05, 0) is 48.7 Å². The van der Waals surface area contributed by atoms with Gasteiger partial charge in [-0.1, -0.05) is 72.9 Å². The average molecular weight is 543 g/mol. The number of ether oxygens (including phenoxy) is 3. The lowest BCUT2D eigenvalue weighted by atomic mass is 9.94. The molecule has 39 heavy (non-hydrogen) atoms. The Labute approximate surface area is 230 Å². The summed E-state index contributed by atoms with van der Waals surface area (Å²) >= 11 is 1.30. The van der Waals surface area contributed by atoms with Crippen LogP contribution in [0.15, 0.2) is 81.7 Å². The van der Waals surface area contributed by atoms with Crippen LogP contribution in [-0.2, 0) is 9.53 Å². The largest absolute Gasteiger partial charge is 0.493 e. The molecule has 0 radical (unpaired) electrons. The summed E-state index contributed by atoms with van der Waals surface area (Å²) < 4.78 is 19.3. The third-order valence-corrected chi connectivity index (χ3v) is 7.58. The molecule has 1 aliphatic rings. The molecule has 0 N–H and O–H groups in total. The molecule has 0 spiro atoms. The topological polar surface area (TPSA) is 79.1 Å². The number of rotatable bonds is 8. The van der Waals surface area contributed by atoms with Gasteiger partial charge >= 0.3 is 5.97 Å². The van der Waals surface area contributed by atoms with Gasteiger partial charge in [0, 0.05) is 5.56 Å². The number of benzene rings is 3. The molecule has 200 valence electrons. The monoisotopic (exact) mass is 542 g/mol. The molecule has 1 atom stereocenters. The number of aromatic nitrogens is 1. The molecular weight excluding hydrogens is 512 g/mol. The molecule has 0 saturated heterocycles. The van der Waals surface area contributed by atoms with Crippen molar-refractivity contribution in [1.82, 2.24) is 4.57 Å². The lowest BCUT2D eigenvalue weighted by molar-refractivity contribution is -0.139. The first-order chi connectivity index (χ1) is 19.0. The fraction of sp³-hybridized carbons (Fsp3) is 0.258. The molecule has 0 bridgehead atoms. The van der Waals surface area contributed by atoms with Crippen molar-refractivity contribution >= 4 is 34.2 Å². The van der Waals surface area contributed by atoms with Gasteiger partial charge in [-0.3, -0.25) is 9.36 Å². The van der Waals surface area contributed by atoms with Crippen LogP contribution in [0.3, 0.4) is 0 Å². The number of methoxy groups -OCH3 is 1. The number of esters is 1. The van der Waals surface area contributed by atoms with E-state index in [-0.39, 0.29) is 12.2 Å². The van der Waals surface area contributed by atoms with Crippen molar-refractivity contribution in [3.63, 3.8) is 0 Å². The summed E-state index contributed by atoms with van der Waals surface area (Å²) in [5.41, 5.74) is 2.13. The molecule has 5 rings (SSSR count). The van der Waals surface area contributed by atoms with Gasteiger partial charge < -0.3 is 14.2 Å². The van der Waals surface area contributed by atoms with Gasteiger partial charge in [-0.15, -0.1) is 0 Å². The molecule has 3 aromatic carbocycles. The summed E-state index contributed by atoms with van der Waals surface area (Å²) in [6.07, 6.45) is 2.68. The van der Waals surface area contributed by atoms with Crippen LogP contribution >= 0.6 is 11.3 Å². The van der Waals surface area contributed by atoms with Gasteiger partial charge in [0.25, 0.3) is 5.56 Å². The maximum atomic E-state index is 14.1. The minimum atomic E-state index is -0.795. The maximum absolute atomic E-state index is 14.1. The molecule has 7 nitrogen and oxygen atoms in total. The number of para-hydroxylation sites is 1. The molecule has 8 heteroatoms. The van der Waals surface area contributed by atoms with Crippen molar-refractivity contribution in [2.24, 2.45) is 4.99 Å². The number of hydrogen-bond acceptors (Lipinski definition) is 7. The number of thiazole rings is 1. The quantitative estimate of drug-likeness (QED) is 0.300. The molecule has 4 aromatic rings. The maximum Gasteiger partial charge on any atom is 0.338 e. The van der Waals surface area contributed by atoms with Gasteiger partial charge in [0.05, 0.1) is 36.1 Å². The summed E-state index contributed by atoms with van der Waals surface area (Å²) in [4.78, 5) is 32.6. The summed E-state index contributed by atoms with van der Waals surface area (Å²) in [7, 11) is 1.57. The highest BCUT2D eigenvalue weighted by atomic mass is 32.1. The zero-order valence-corrected chi connectivity index (χ0v) is 23.2. The molecule has 0 aliphatic carbocycles. The molecule has 0 fully saturated rings. The van der Waals surface area contributed by atoms with Crippen molar-refractivity contribution in [3.05, 3.63) is 103 Å². The van der Waals surface area contributed by atoms with E-state index < -0.39 is 12.0 Å². The number of carbonyl (C=O) groups excluding carboxylic acids is 1. The van der Waals surface area contributed by atoms with Crippen LogP contribution in [0.25, 0.3) is 16.8 Å².